The SMILES string of the molecule is O=C(O)[C@H]1C[C@@H]1C(=O)Nc1ccc(F)c(-n2nnnc2C2CC2)c1. The van der Waals surface area contributed by atoms with E-state index in [9.17, 15) is 14.0 Å². The van der Waals surface area contributed by atoms with Crippen molar-refractivity contribution in [2.45, 2.75) is 25.2 Å². The maximum atomic E-state index is 14.2. The maximum absolute atomic E-state index is 14.2. The van der Waals surface area contributed by atoms with E-state index in [4.69, 9.17) is 5.11 Å². The van der Waals surface area contributed by atoms with Gasteiger partial charge in [-0.3, -0.25) is 9.59 Å². The predicted octanol–water partition coefficient (Wildman–Crippen LogP) is 1.34. The van der Waals surface area contributed by atoms with E-state index in [1.165, 1.54) is 22.9 Å². The summed E-state index contributed by atoms with van der Waals surface area (Å²) in [5.41, 5.74) is 0.537. The van der Waals surface area contributed by atoms with Crippen LogP contribution in [-0.4, -0.2) is 37.2 Å². The first kappa shape index (κ1) is 14.7. The zero-order chi connectivity index (χ0) is 16.8. The van der Waals surface area contributed by atoms with Crippen LogP contribution in [0.25, 0.3) is 5.69 Å². The molecule has 0 saturated heterocycles. The number of nitrogens with one attached hydrogen (secondary N) is 1. The fourth-order valence-electron chi connectivity index (χ4n) is 2.71. The van der Waals surface area contributed by atoms with E-state index in [1.54, 1.807) is 0 Å². The molecular weight excluding hydrogens is 317 g/mol. The summed E-state index contributed by atoms with van der Waals surface area (Å²) in [6, 6.07) is 4.11. The second-order valence-electron chi connectivity index (χ2n) is 6.17. The normalized spacial score (nSPS) is 22.2. The van der Waals surface area contributed by atoms with E-state index < -0.39 is 23.6 Å². The van der Waals surface area contributed by atoms with Crippen molar-refractivity contribution >= 4 is 17.6 Å². The van der Waals surface area contributed by atoms with E-state index in [2.05, 4.69) is 20.8 Å². The Morgan fingerprint density at radius 2 is 2.08 bits per heavy atom. The Morgan fingerprint density at radius 1 is 1.29 bits per heavy atom. The number of carboxylic acids is 1. The number of halogens is 1. The van der Waals surface area contributed by atoms with Gasteiger partial charge in [-0.1, -0.05) is 0 Å². The Labute approximate surface area is 135 Å². The van der Waals surface area contributed by atoms with Gasteiger partial charge in [0.2, 0.25) is 5.91 Å². The van der Waals surface area contributed by atoms with Crippen LogP contribution in [0.3, 0.4) is 0 Å². The molecule has 0 radical (unpaired) electrons. The Hall–Kier alpha value is -2.84. The van der Waals surface area contributed by atoms with Crippen molar-refractivity contribution in [2.24, 2.45) is 11.8 Å². The van der Waals surface area contributed by atoms with Gasteiger partial charge in [-0.05, 0) is 47.9 Å². The lowest BCUT2D eigenvalue weighted by Crippen LogP contribution is -2.17. The molecule has 1 amide bonds. The van der Waals surface area contributed by atoms with Crippen LogP contribution in [-0.2, 0) is 9.59 Å². The van der Waals surface area contributed by atoms with Crippen molar-refractivity contribution in [3.63, 3.8) is 0 Å². The van der Waals surface area contributed by atoms with Gasteiger partial charge in [-0.25, -0.2) is 4.39 Å². The van der Waals surface area contributed by atoms with Gasteiger partial charge in [0, 0.05) is 11.6 Å². The van der Waals surface area contributed by atoms with Crippen LogP contribution >= 0.6 is 0 Å². The molecule has 2 aliphatic carbocycles. The smallest absolute Gasteiger partial charge is 0.307 e. The predicted molar refractivity (Wildman–Crippen MR) is 78.9 cm³/mol. The summed E-state index contributed by atoms with van der Waals surface area (Å²) in [5.74, 6) is -2.18. The molecule has 2 aromatic rings. The Morgan fingerprint density at radius 3 is 2.75 bits per heavy atom. The molecule has 1 aromatic carbocycles. The number of aromatic nitrogens is 4. The third-order valence-corrected chi connectivity index (χ3v) is 4.32. The van der Waals surface area contributed by atoms with E-state index in [-0.39, 0.29) is 17.5 Å². The molecule has 9 heteroatoms. The summed E-state index contributed by atoms with van der Waals surface area (Å²) in [5, 5.41) is 22.9. The minimum Gasteiger partial charge on any atom is -0.481 e. The standard InChI is InChI=1S/C15H14FN5O3/c16-11-4-3-8(17-14(22)9-6-10(9)15(23)24)5-12(11)21-13(7-1-2-7)18-19-20-21/h3-5,7,9-10H,1-2,6H2,(H,17,22)(H,23,24)/t9-,10-/m0/s1. The number of aliphatic carboxylic acids is 1. The van der Waals surface area contributed by atoms with Crippen LogP contribution in [0.2, 0.25) is 0 Å². The number of carbonyl (C=O) groups is 2. The van der Waals surface area contributed by atoms with Crippen molar-refractivity contribution < 1.29 is 19.1 Å². The highest BCUT2D eigenvalue weighted by Crippen LogP contribution is 2.40. The molecule has 1 heterocycles. The number of anilines is 1. The Balaban J connectivity index is 1.56. The fraction of sp³-hybridized carbons (Fsp3) is 0.400. The van der Waals surface area contributed by atoms with Gasteiger partial charge in [0.25, 0.3) is 0 Å². The molecule has 4 rings (SSSR count). The molecule has 1 aromatic heterocycles. The summed E-state index contributed by atoms with van der Waals surface area (Å²) < 4.78 is 15.5. The van der Waals surface area contributed by atoms with Gasteiger partial charge in [-0.15, -0.1) is 5.10 Å². The summed E-state index contributed by atoms with van der Waals surface area (Å²) >= 11 is 0. The number of amides is 1. The molecule has 8 nitrogen and oxygen atoms in total. The molecule has 124 valence electrons. The molecule has 0 unspecified atom stereocenters. The first-order valence-corrected chi connectivity index (χ1v) is 7.66. The Bertz CT molecular complexity index is 832. The van der Waals surface area contributed by atoms with Gasteiger partial charge >= 0.3 is 5.97 Å². The lowest BCUT2D eigenvalue weighted by molar-refractivity contribution is -0.139. The van der Waals surface area contributed by atoms with Crippen molar-refractivity contribution in [3.05, 3.63) is 29.8 Å². The average molecular weight is 331 g/mol. The third-order valence-electron chi connectivity index (χ3n) is 4.32. The summed E-state index contributed by atoms with van der Waals surface area (Å²) in [6.07, 6.45) is 2.27. The van der Waals surface area contributed by atoms with Gasteiger partial charge in [0.1, 0.15) is 11.5 Å². The average Bonchev–Trinajstić information content (AvgIpc) is 3.46. The molecule has 24 heavy (non-hydrogen) atoms. The van der Waals surface area contributed by atoms with Crippen LogP contribution < -0.4 is 5.32 Å². The first-order chi connectivity index (χ1) is 11.5. The first-order valence-electron chi connectivity index (χ1n) is 7.66. The minimum absolute atomic E-state index is 0.158. The van der Waals surface area contributed by atoms with Crippen LogP contribution in [0.4, 0.5) is 10.1 Å². The monoisotopic (exact) mass is 331 g/mol. The number of nitrogens with zero attached hydrogens (tertiary/aromatic N) is 4. The molecule has 2 fully saturated rings. The van der Waals surface area contributed by atoms with Gasteiger partial charge in [0.15, 0.2) is 5.82 Å². The highest BCUT2D eigenvalue weighted by Gasteiger charge is 2.48. The summed E-state index contributed by atoms with van der Waals surface area (Å²) in [6.45, 7) is 0. The molecule has 0 aliphatic heterocycles. The topological polar surface area (TPSA) is 110 Å². The van der Waals surface area contributed by atoms with E-state index >= 15 is 0 Å². The van der Waals surface area contributed by atoms with Crippen molar-refractivity contribution in [2.75, 3.05) is 5.32 Å². The number of hydrogen-bond acceptors (Lipinski definition) is 5. The lowest BCUT2D eigenvalue weighted by Gasteiger charge is -2.09. The second kappa shape index (κ2) is 5.36. The van der Waals surface area contributed by atoms with Crippen molar-refractivity contribution in [1.82, 2.24) is 20.2 Å². The zero-order valence-corrected chi connectivity index (χ0v) is 12.5. The van der Waals surface area contributed by atoms with Crippen LogP contribution in [0, 0.1) is 17.7 Å². The Kier molecular flexibility index (Phi) is 3.29. The van der Waals surface area contributed by atoms with E-state index in [1.807, 2.05) is 0 Å². The largest absolute Gasteiger partial charge is 0.481 e. The van der Waals surface area contributed by atoms with Crippen LogP contribution in [0.15, 0.2) is 18.2 Å². The van der Waals surface area contributed by atoms with Crippen LogP contribution in [0.1, 0.15) is 31.0 Å². The zero-order valence-electron chi connectivity index (χ0n) is 12.5. The third kappa shape index (κ3) is 2.61. The van der Waals surface area contributed by atoms with Crippen molar-refractivity contribution in [1.29, 1.82) is 0 Å². The van der Waals surface area contributed by atoms with Crippen molar-refractivity contribution in [3.8, 4) is 5.69 Å². The van der Waals surface area contributed by atoms with Gasteiger partial charge < -0.3 is 10.4 Å². The minimum atomic E-state index is -0.974. The van der Waals surface area contributed by atoms with E-state index in [0.29, 0.717) is 17.9 Å². The quantitative estimate of drug-likeness (QED) is 0.855. The number of benzene rings is 1. The highest BCUT2D eigenvalue weighted by molar-refractivity contribution is 5.98. The molecule has 2 aliphatic rings. The molecule has 2 atom stereocenters. The number of hydrogen-bond donors (Lipinski definition) is 2. The number of rotatable bonds is 5. The maximum Gasteiger partial charge on any atom is 0.307 e. The number of tetrazole rings is 1. The molecule has 2 N–H and O–H groups in total. The van der Waals surface area contributed by atoms with Gasteiger partial charge in [-0.2, -0.15) is 4.68 Å². The second-order valence-corrected chi connectivity index (χ2v) is 6.17. The lowest BCUT2D eigenvalue weighted by atomic mass is 10.2. The highest BCUT2D eigenvalue weighted by atomic mass is 19.1. The molecular formula is C15H14FN5O3. The van der Waals surface area contributed by atoms with E-state index in [0.717, 1.165) is 12.8 Å². The number of carbonyl (C=O) groups excluding carboxylic acids is 1. The summed E-state index contributed by atoms with van der Waals surface area (Å²) in [7, 11) is 0. The van der Waals surface area contributed by atoms with Gasteiger partial charge in [0.05, 0.1) is 11.8 Å². The fourth-order valence-corrected chi connectivity index (χ4v) is 2.71. The summed E-state index contributed by atoms with van der Waals surface area (Å²) in [4.78, 5) is 22.9. The van der Waals surface area contributed by atoms with Crippen LogP contribution in [0.5, 0.6) is 0 Å². The number of carboxylic acid groups (broad SMARTS) is 1. The molecule has 2 saturated carbocycles. The molecule has 0 bridgehead atoms. The molecule has 0 spiro atoms.